The number of methoxy groups -OCH3 is 3. The maximum Gasteiger partial charge on any atom is 0.407 e. The van der Waals surface area contributed by atoms with Crippen LogP contribution in [0.5, 0.6) is 28.7 Å². The number of alkyl carbamates (subject to hydrolysis) is 1. The van der Waals surface area contributed by atoms with Crippen LogP contribution in [0.1, 0.15) is 55.1 Å². The first-order valence-corrected chi connectivity index (χ1v) is 16.6. The van der Waals surface area contributed by atoms with Crippen LogP contribution in [-0.4, -0.2) is 61.9 Å². The maximum absolute atomic E-state index is 12.9. The molecule has 0 saturated carbocycles. The van der Waals surface area contributed by atoms with Gasteiger partial charge in [0, 0.05) is 6.26 Å². The Balaban J connectivity index is 1.52. The van der Waals surface area contributed by atoms with Crippen molar-refractivity contribution in [2.24, 2.45) is 0 Å². The van der Waals surface area contributed by atoms with Gasteiger partial charge < -0.3 is 38.5 Å². The smallest absolute Gasteiger partial charge is 0.407 e. The molecule has 1 saturated heterocycles. The average molecular weight is 644 g/mol. The number of sulfone groups is 1. The quantitative estimate of drug-likeness (QED) is 0.203. The van der Waals surface area contributed by atoms with E-state index in [4.69, 9.17) is 33.2 Å². The minimum atomic E-state index is -3.70. The largest absolute Gasteiger partial charge is 0.493 e. The first kappa shape index (κ1) is 33.7. The Morgan fingerprint density at radius 3 is 2.04 bits per heavy atom. The fourth-order valence-electron chi connectivity index (χ4n) is 5.01. The summed E-state index contributed by atoms with van der Waals surface area (Å²) in [6.45, 7) is 2.54. The average Bonchev–Trinajstić information content (AvgIpc) is 3.54. The van der Waals surface area contributed by atoms with Crippen LogP contribution in [0.4, 0.5) is 4.79 Å². The molecule has 0 radical (unpaired) electrons. The molecular formula is C33H41NO10S. The minimum Gasteiger partial charge on any atom is -0.493 e. The second kappa shape index (κ2) is 15.7. The number of benzene rings is 3. The molecule has 2 atom stereocenters. The Bertz CT molecular complexity index is 1520. The lowest BCUT2D eigenvalue weighted by Gasteiger charge is -2.21. The number of amides is 1. The van der Waals surface area contributed by atoms with Gasteiger partial charge in [0.1, 0.15) is 18.1 Å². The predicted molar refractivity (Wildman–Crippen MR) is 167 cm³/mol. The molecule has 0 spiro atoms. The number of carbonyl (C=O) groups excluding carboxylic acids is 1. The van der Waals surface area contributed by atoms with Crippen LogP contribution in [0.25, 0.3) is 0 Å². The van der Waals surface area contributed by atoms with Gasteiger partial charge in [0.05, 0.1) is 46.7 Å². The molecule has 1 heterocycles. The second-order valence-corrected chi connectivity index (χ2v) is 12.4. The summed E-state index contributed by atoms with van der Waals surface area (Å²) in [5.41, 5.74) is 2.35. The van der Waals surface area contributed by atoms with E-state index in [1.165, 1.54) is 0 Å². The van der Waals surface area contributed by atoms with Crippen LogP contribution in [0.2, 0.25) is 0 Å². The lowest BCUT2D eigenvalue weighted by atomic mass is 10.0. The molecule has 0 unspecified atom stereocenters. The monoisotopic (exact) mass is 643 g/mol. The summed E-state index contributed by atoms with van der Waals surface area (Å²) in [6.07, 6.45) is 1.81. The molecule has 1 amide bonds. The van der Waals surface area contributed by atoms with Crippen molar-refractivity contribution in [2.45, 2.75) is 49.9 Å². The van der Waals surface area contributed by atoms with E-state index in [0.717, 1.165) is 17.4 Å². The molecule has 4 rings (SSSR count). The summed E-state index contributed by atoms with van der Waals surface area (Å²) in [5.74, 6) is 1.90. The molecule has 1 aliphatic heterocycles. The first-order chi connectivity index (χ1) is 21.7. The Kier molecular flexibility index (Phi) is 11.8. The van der Waals surface area contributed by atoms with E-state index in [2.05, 4.69) is 5.32 Å². The molecule has 0 aliphatic carbocycles. The van der Waals surface area contributed by atoms with Gasteiger partial charge in [-0.05, 0) is 60.2 Å². The molecule has 0 aromatic heterocycles. The van der Waals surface area contributed by atoms with Crippen molar-refractivity contribution in [2.75, 3.05) is 47.3 Å². The van der Waals surface area contributed by atoms with E-state index >= 15 is 0 Å². The minimum absolute atomic E-state index is 0.0125. The molecular weight excluding hydrogens is 602 g/mol. The fraction of sp³-hybridized carbons (Fsp3) is 0.424. The first-order valence-electron chi connectivity index (χ1n) is 14.7. The standard InChI is InChI=1S/C33H41NO10S/c1-6-15-42-32-29(41-16-14-34-33(35)43-21-22-10-8-7-9-11-22)19-24(20-30(32)45(5,36)37)26-13-12-25(44-26)23-17-27(38-2)31(40-4)28(18-23)39-3/h7-11,17-20,25-26H,6,12-16,21H2,1-5H3,(H,34,35)/t25-,26-/m1/s1. The number of hydrogen-bond donors (Lipinski definition) is 1. The summed E-state index contributed by atoms with van der Waals surface area (Å²) >= 11 is 0. The summed E-state index contributed by atoms with van der Waals surface area (Å²) in [7, 11) is 0.949. The third-order valence-corrected chi connectivity index (χ3v) is 8.29. The highest BCUT2D eigenvalue weighted by Crippen LogP contribution is 2.48. The molecule has 1 fully saturated rings. The maximum atomic E-state index is 12.9. The van der Waals surface area contributed by atoms with E-state index in [9.17, 15) is 13.2 Å². The van der Waals surface area contributed by atoms with Crippen LogP contribution >= 0.6 is 0 Å². The highest BCUT2D eigenvalue weighted by Gasteiger charge is 2.32. The van der Waals surface area contributed by atoms with Crippen molar-refractivity contribution in [1.82, 2.24) is 5.32 Å². The van der Waals surface area contributed by atoms with Crippen LogP contribution in [0.3, 0.4) is 0 Å². The van der Waals surface area contributed by atoms with Gasteiger partial charge in [0.25, 0.3) is 0 Å². The summed E-state index contributed by atoms with van der Waals surface area (Å²) in [5, 5.41) is 2.65. The Morgan fingerprint density at radius 1 is 0.844 bits per heavy atom. The molecule has 12 heteroatoms. The Morgan fingerprint density at radius 2 is 1.47 bits per heavy atom. The molecule has 0 bridgehead atoms. The van der Waals surface area contributed by atoms with Crippen LogP contribution in [0.15, 0.2) is 59.5 Å². The van der Waals surface area contributed by atoms with Crippen molar-refractivity contribution in [3.8, 4) is 28.7 Å². The zero-order valence-electron chi connectivity index (χ0n) is 26.3. The van der Waals surface area contributed by atoms with Crippen molar-refractivity contribution >= 4 is 15.9 Å². The normalized spacial score (nSPS) is 16.1. The van der Waals surface area contributed by atoms with Gasteiger partial charge in [-0.2, -0.15) is 0 Å². The Labute approximate surface area is 264 Å². The van der Waals surface area contributed by atoms with Crippen molar-refractivity contribution in [3.63, 3.8) is 0 Å². The van der Waals surface area contributed by atoms with Crippen molar-refractivity contribution < 1.29 is 46.4 Å². The highest BCUT2D eigenvalue weighted by atomic mass is 32.2. The molecule has 11 nitrogen and oxygen atoms in total. The molecule has 45 heavy (non-hydrogen) atoms. The van der Waals surface area contributed by atoms with E-state index < -0.39 is 22.0 Å². The third-order valence-electron chi connectivity index (χ3n) is 7.19. The fourth-order valence-corrected chi connectivity index (χ4v) is 5.86. The molecule has 1 aliphatic rings. The van der Waals surface area contributed by atoms with E-state index in [0.29, 0.717) is 48.7 Å². The number of carbonyl (C=O) groups is 1. The molecule has 244 valence electrons. The molecule has 1 N–H and O–H groups in total. The third kappa shape index (κ3) is 8.73. The van der Waals surface area contributed by atoms with Gasteiger partial charge in [-0.1, -0.05) is 37.3 Å². The zero-order valence-corrected chi connectivity index (χ0v) is 27.1. The van der Waals surface area contributed by atoms with Crippen LogP contribution in [0, 0.1) is 0 Å². The molecule has 3 aromatic rings. The van der Waals surface area contributed by atoms with Crippen molar-refractivity contribution in [1.29, 1.82) is 0 Å². The lowest BCUT2D eigenvalue weighted by Crippen LogP contribution is -2.28. The summed E-state index contributed by atoms with van der Waals surface area (Å²) in [6, 6.07) is 16.4. The number of ether oxygens (including phenoxy) is 7. The lowest BCUT2D eigenvalue weighted by molar-refractivity contribution is 0.0435. The van der Waals surface area contributed by atoms with E-state index in [-0.39, 0.29) is 42.3 Å². The summed E-state index contributed by atoms with van der Waals surface area (Å²) < 4.78 is 66.0. The van der Waals surface area contributed by atoms with Gasteiger partial charge >= 0.3 is 6.09 Å². The van der Waals surface area contributed by atoms with Gasteiger partial charge in [-0.25, -0.2) is 13.2 Å². The second-order valence-electron chi connectivity index (χ2n) is 10.5. The van der Waals surface area contributed by atoms with Crippen LogP contribution in [-0.2, 0) is 25.9 Å². The van der Waals surface area contributed by atoms with Gasteiger partial charge in [-0.15, -0.1) is 0 Å². The Hall–Kier alpha value is -4.16. The SMILES string of the molecule is CCCOc1c(OCCNC(=O)OCc2ccccc2)cc([C@H]2CC[C@H](c3cc(OC)c(OC)c(OC)c3)O2)cc1S(C)(=O)=O. The number of rotatable bonds is 15. The van der Waals surface area contributed by atoms with Gasteiger partial charge in [0.15, 0.2) is 32.8 Å². The van der Waals surface area contributed by atoms with Gasteiger partial charge in [-0.3, -0.25) is 0 Å². The highest BCUT2D eigenvalue weighted by molar-refractivity contribution is 7.90. The zero-order chi connectivity index (χ0) is 32.4. The van der Waals surface area contributed by atoms with Crippen molar-refractivity contribution in [3.05, 3.63) is 71.3 Å². The van der Waals surface area contributed by atoms with Crippen LogP contribution < -0.4 is 29.0 Å². The predicted octanol–water partition coefficient (Wildman–Crippen LogP) is 5.80. The van der Waals surface area contributed by atoms with Gasteiger partial charge in [0.2, 0.25) is 5.75 Å². The molecule has 3 aromatic carbocycles. The van der Waals surface area contributed by atoms with E-state index in [1.54, 1.807) is 33.5 Å². The number of hydrogen-bond acceptors (Lipinski definition) is 10. The van der Waals surface area contributed by atoms with E-state index in [1.807, 2.05) is 49.4 Å². The summed E-state index contributed by atoms with van der Waals surface area (Å²) in [4.78, 5) is 12.2. The number of nitrogens with one attached hydrogen (secondary N) is 1. The topological polar surface area (TPSA) is 128 Å².